The van der Waals surface area contributed by atoms with E-state index in [1.807, 2.05) is 36.4 Å². The Labute approximate surface area is 163 Å². The third kappa shape index (κ3) is 3.53. The predicted octanol–water partition coefficient (Wildman–Crippen LogP) is 2.51. The maximum Gasteiger partial charge on any atom is 0.150 e. The van der Waals surface area contributed by atoms with E-state index in [1.54, 1.807) is 13.3 Å². The van der Waals surface area contributed by atoms with Gasteiger partial charge in [0.05, 0.1) is 49.6 Å². The molecule has 1 aliphatic rings. The molecule has 0 atom stereocenters. The summed E-state index contributed by atoms with van der Waals surface area (Å²) in [5.74, 6) is 1.15. The van der Waals surface area contributed by atoms with E-state index in [4.69, 9.17) is 16.3 Å². The molecule has 1 fully saturated rings. The van der Waals surface area contributed by atoms with Gasteiger partial charge < -0.3 is 19.6 Å². The minimum absolute atomic E-state index is 0.245. The summed E-state index contributed by atoms with van der Waals surface area (Å²) in [5, 5.41) is 12.1. The van der Waals surface area contributed by atoms with Crippen LogP contribution in [0.1, 0.15) is 5.56 Å². The number of hydrogen-bond donors (Lipinski definition) is 2. The Balaban J connectivity index is 1.48. The number of halogens is 1. The molecule has 0 saturated carbocycles. The smallest absolute Gasteiger partial charge is 0.150 e. The second-order valence-corrected chi connectivity index (χ2v) is 7.26. The average Bonchev–Trinajstić information content (AvgIpc) is 2.72. The van der Waals surface area contributed by atoms with Crippen molar-refractivity contribution in [3.05, 3.63) is 59.2 Å². The fourth-order valence-electron chi connectivity index (χ4n) is 3.77. The van der Waals surface area contributed by atoms with Crippen LogP contribution in [-0.4, -0.2) is 43.4 Å². The van der Waals surface area contributed by atoms with Gasteiger partial charge in [-0.15, -0.1) is 0 Å². The highest BCUT2D eigenvalue weighted by molar-refractivity contribution is 6.35. The van der Waals surface area contributed by atoms with Crippen LogP contribution < -0.4 is 14.5 Å². The molecule has 5 nitrogen and oxygen atoms in total. The highest BCUT2D eigenvalue weighted by atomic mass is 35.5. The molecule has 0 amide bonds. The lowest BCUT2D eigenvalue weighted by Crippen LogP contribution is -3.13. The summed E-state index contributed by atoms with van der Waals surface area (Å²) in [4.78, 5) is 8.08. The van der Waals surface area contributed by atoms with E-state index in [0.717, 1.165) is 55.1 Å². The number of nitrogens with zero attached hydrogens (tertiary/aromatic N) is 2. The van der Waals surface area contributed by atoms with Crippen molar-refractivity contribution in [1.82, 2.24) is 4.98 Å². The molecular weight excluding hydrogens is 362 g/mol. The molecule has 1 aliphatic heterocycles. The lowest BCUT2D eigenvalue weighted by Gasteiger charge is -2.34. The van der Waals surface area contributed by atoms with Crippen LogP contribution in [0.4, 0.5) is 5.69 Å². The van der Waals surface area contributed by atoms with Crippen LogP contribution in [0.25, 0.3) is 10.9 Å². The zero-order valence-electron chi connectivity index (χ0n) is 15.3. The number of benzene rings is 2. The molecule has 2 aromatic carbocycles. The van der Waals surface area contributed by atoms with Crippen molar-refractivity contribution in [2.45, 2.75) is 6.54 Å². The van der Waals surface area contributed by atoms with Crippen molar-refractivity contribution >= 4 is 28.2 Å². The van der Waals surface area contributed by atoms with Gasteiger partial charge in [0.15, 0.2) is 5.75 Å². The first-order valence-corrected chi connectivity index (χ1v) is 9.52. The van der Waals surface area contributed by atoms with E-state index >= 15 is 0 Å². The number of methoxy groups -OCH3 is 1. The fraction of sp³-hybridized carbons (Fsp3) is 0.286. The summed E-state index contributed by atoms with van der Waals surface area (Å²) >= 11 is 6.41. The van der Waals surface area contributed by atoms with Crippen LogP contribution in [0, 0.1) is 0 Å². The van der Waals surface area contributed by atoms with E-state index in [2.05, 4.69) is 16.0 Å². The molecule has 3 aromatic rings. The Hall–Kier alpha value is -2.50. The van der Waals surface area contributed by atoms with Crippen LogP contribution in [0.2, 0.25) is 5.02 Å². The van der Waals surface area contributed by atoms with E-state index in [0.29, 0.717) is 10.5 Å². The van der Waals surface area contributed by atoms with Crippen LogP contribution in [-0.2, 0) is 6.54 Å². The number of anilines is 1. The van der Waals surface area contributed by atoms with Gasteiger partial charge in [-0.25, -0.2) is 0 Å². The number of pyridine rings is 1. The first kappa shape index (κ1) is 17.9. The van der Waals surface area contributed by atoms with Crippen LogP contribution in [0.3, 0.4) is 0 Å². The third-order valence-electron chi connectivity index (χ3n) is 5.23. The van der Waals surface area contributed by atoms with Gasteiger partial charge in [-0.05, 0) is 30.3 Å². The number of ether oxygens (including phenoxy) is 1. The SMILES string of the molecule is COc1ccccc1N1CC[NH+](Cc2cc(Cl)c3cccnc3c2O)CC1. The summed E-state index contributed by atoms with van der Waals surface area (Å²) in [7, 11) is 1.71. The second-order valence-electron chi connectivity index (χ2n) is 6.85. The number of piperazine rings is 1. The first-order valence-electron chi connectivity index (χ1n) is 9.14. The third-order valence-corrected chi connectivity index (χ3v) is 5.54. The van der Waals surface area contributed by atoms with Gasteiger partial charge in [-0.3, -0.25) is 4.98 Å². The maximum atomic E-state index is 10.6. The van der Waals surface area contributed by atoms with Crippen molar-refractivity contribution in [2.24, 2.45) is 0 Å². The Kier molecular flexibility index (Phi) is 5.05. The molecule has 140 valence electrons. The number of aromatic nitrogens is 1. The van der Waals surface area contributed by atoms with Gasteiger partial charge in [0, 0.05) is 11.6 Å². The number of hydrogen-bond acceptors (Lipinski definition) is 4. The number of aromatic hydroxyl groups is 1. The van der Waals surface area contributed by atoms with Crippen molar-refractivity contribution < 1.29 is 14.7 Å². The van der Waals surface area contributed by atoms with Gasteiger partial charge >= 0.3 is 0 Å². The fourth-order valence-corrected chi connectivity index (χ4v) is 4.06. The van der Waals surface area contributed by atoms with Crippen LogP contribution in [0.15, 0.2) is 48.7 Å². The summed E-state index contributed by atoms with van der Waals surface area (Å²) in [6.45, 7) is 4.58. The normalized spacial score (nSPS) is 15.3. The van der Waals surface area contributed by atoms with Crippen molar-refractivity contribution in [1.29, 1.82) is 0 Å². The summed E-state index contributed by atoms with van der Waals surface area (Å²) in [6, 6.07) is 13.7. The Bertz CT molecular complexity index is 955. The first-order chi connectivity index (χ1) is 13.2. The molecule has 2 N–H and O–H groups in total. The molecule has 1 aromatic heterocycles. The molecule has 27 heavy (non-hydrogen) atoms. The Morgan fingerprint density at radius 2 is 1.96 bits per heavy atom. The molecule has 0 bridgehead atoms. The molecule has 0 aliphatic carbocycles. The molecule has 2 heterocycles. The van der Waals surface area contributed by atoms with Crippen molar-refractivity contribution in [2.75, 3.05) is 38.2 Å². The molecule has 0 radical (unpaired) electrons. The number of phenols is 1. The Morgan fingerprint density at radius 3 is 2.74 bits per heavy atom. The van der Waals surface area contributed by atoms with Crippen molar-refractivity contribution in [3.63, 3.8) is 0 Å². The minimum atomic E-state index is 0.245. The lowest BCUT2D eigenvalue weighted by molar-refractivity contribution is -0.914. The van der Waals surface area contributed by atoms with E-state index in [9.17, 15) is 5.11 Å². The van der Waals surface area contributed by atoms with Gasteiger partial charge in [-0.1, -0.05) is 23.7 Å². The number of nitrogens with one attached hydrogen (secondary N) is 1. The average molecular weight is 385 g/mol. The minimum Gasteiger partial charge on any atom is -0.505 e. The van der Waals surface area contributed by atoms with E-state index < -0.39 is 0 Å². The highest BCUT2D eigenvalue weighted by Crippen LogP contribution is 2.32. The summed E-state index contributed by atoms with van der Waals surface area (Å²) in [6.07, 6.45) is 1.68. The number of quaternary nitrogens is 1. The van der Waals surface area contributed by atoms with Gasteiger partial charge in [0.1, 0.15) is 17.8 Å². The summed E-state index contributed by atoms with van der Waals surface area (Å²) in [5.41, 5.74) is 2.57. The molecule has 4 rings (SSSR count). The van der Waals surface area contributed by atoms with Gasteiger partial charge in [0.25, 0.3) is 0 Å². The quantitative estimate of drug-likeness (QED) is 0.725. The predicted molar refractivity (Wildman–Crippen MR) is 108 cm³/mol. The maximum absolute atomic E-state index is 10.6. The molecule has 1 saturated heterocycles. The zero-order valence-corrected chi connectivity index (χ0v) is 16.0. The largest absolute Gasteiger partial charge is 0.505 e. The van der Waals surface area contributed by atoms with Gasteiger partial charge in [0.2, 0.25) is 0 Å². The monoisotopic (exact) mass is 384 g/mol. The van der Waals surface area contributed by atoms with Crippen LogP contribution >= 0.6 is 11.6 Å². The topological polar surface area (TPSA) is 50.0 Å². The van der Waals surface area contributed by atoms with E-state index in [-0.39, 0.29) is 5.75 Å². The van der Waals surface area contributed by atoms with Crippen molar-refractivity contribution in [3.8, 4) is 11.5 Å². The summed E-state index contributed by atoms with van der Waals surface area (Å²) < 4.78 is 5.49. The van der Waals surface area contributed by atoms with Gasteiger partial charge in [-0.2, -0.15) is 0 Å². The molecule has 0 unspecified atom stereocenters. The number of fused-ring (bicyclic) bond motifs is 1. The number of rotatable bonds is 4. The lowest BCUT2D eigenvalue weighted by atomic mass is 10.1. The van der Waals surface area contributed by atoms with E-state index in [1.165, 1.54) is 4.90 Å². The van der Waals surface area contributed by atoms with Crippen LogP contribution in [0.5, 0.6) is 11.5 Å². The second kappa shape index (κ2) is 7.62. The zero-order chi connectivity index (χ0) is 18.8. The standard InChI is InChI=1S/C21H22ClN3O2/c1-27-19-7-3-2-6-18(19)25-11-9-24(10-12-25)14-15-13-17(22)16-5-4-8-23-20(16)21(15)26/h2-8,13,26H,9-12,14H2,1H3/p+1. The molecule has 0 spiro atoms. The number of para-hydroxylation sites is 2. The number of phenolic OH excluding ortho intramolecular Hbond substituents is 1. The highest BCUT2D eigenvalue weighted by Gasteiger charge is 2.24. The molecule has 6 heteroatoms. The Morgan fingerprint density at radius 1 is 1.19 bits per heavy atom. The molecular formula is C21H23ClN3O2+.